The molecule has 0 radical (unpaired) electrons. The molecule has 0 bridgehead atoms. The number of carbonyl (C=O) groups excluding carboxylic acids is 1. The van der Waals surface area contributed by atoms with Crippen molar-refractivity contribution in [2.24, 2.45) is 0 Å². The van der Waals surface area contributed by atoms with Crippen LogP contribution in [0, 0.1) is 0 Å². The first-order chi connectivity index (χ1) is 11.5. The summed E-state index contributed by atoms with van der Waals surface area (Å²) in [5.74, 6) is 0.263. The number of rotatable bonds is 4. The van der Waals surface area contributed by atoms with Crippen LogP contribution in [0.3, 0.4) is 0 Å². The minimum atomic E-state index is -0.0234. The van der Waals surface area contributed by atoms with E-state index in [1.54, 1.807) is 17.0 Å². The first-order valence-corrected chi connectivity index (χ1v) is 9.08. The average Bonchev–Trinajstić information content (AvgIpc) is 2.45. The van der Waals surface area contributed by atoms with Crippen LogP contribution >= 0.6 is 0 Å². The van der Waals surface area contributed by atoms with Gasteiger partial charge in [-0.25, -0.2) is 4.79 Å². The van der Waals surface area contributed by atoms with Crippen LogP contribution in [0.2, 0.25) is 0 Å². The molecule has 5 nitrogen and oxygen atoms in total. The molecule has 0 aliphatic carbocycles. The van der Waals surface area contributed by atoms with Gasteiger partial charge in [-0.3, -0.25) is 0 Å². The summed E-state index contributed by atoms with van der Waals surface area (Å²) in [6.45, 7) is 10.8. The Balaban J connectivity index is 1.93. The van der Waals surface area contributed by atoms with E-state index in [-0.39, 0.29) is 34.9 Å². The lowest BCUT2D eigenvalue weighted by atomic mass is 9.79. The van der Waals surface area contributed by atoms with E-state index in [0.29, 0.717) is 0 Å². The van der Waals surface area contributed by atoms with Crippen LogP contribution in [0.5, 0.6) is 5.75 Å². The Labute approximate surface area is 151 Å². The van der Waals surface area contributed by atoms with Gasteiger partial charge in [0.2, 0.25) is 0 Å². The molecule has 0 spiro atoms. The minimum Gasteiger partial charge on any atom is -0.508 e. The highest BCUT2D eigenvalue weighted by Gasteiger charge is 2.38. The summed E-state index contributed by atoms with van der Waals surface area (Å²) < 4.78 is 0. The molecule has 0 aromatic heterocycles. The maximum atomic E-state index is 12.7. The monoisotopic (exact) mass is 347 g/mol. The van der Waals surface area contributed by atoms with Crippen molar-refractivity contribution in [2.75, 3.05) is 7.05 Å². The van der Waals surface area contributed by atoms with Crippen LogP contribution in [0.15, 0.2) is 24.3 Å². The third kappa shape index (κ3) is 5.63. The van der Waals surface area contributed by atoms with Gasteiger partial charge in [0, 0.05) is 30.2 Å². The predicted molar refractivity (Wildman–Crippen MR) is 102 cm³/mol. The number of aromatic hydroxyl groups is 1. The summed E-state index contributed by atoms with van der Waals surface area (Å²) in [5, 5.41) is 16.2. The van der Waals surface area contributed by atoms with E-state index < -0.39 is 0 Å². The number of nitrogens with zero attached hydrogens (tertiary/aromatic N) is 1. The molecule has 0 saturated carbocycles. The molecule has 5 heteroatoms. The van der Waals surface area contributed by atoms with Gasteiger partial charge < -0.3 is 20.6 Å². The van der Waals surface area contributed by atoms with Crippen molar-refractivity contribution in [2.45, 2.75) is 77.0 Å². The number of likely N-dealkylation sites (N-methyl/N-ethyl adjacent to an activating group) is 1. The highest BCUT2D eigenvalue weighted by atomic mass is 16.3. The molecule has 2 amide bonds. The van der Waals surface area contributed by atoms with Crippen LogP contribution in [0.1, 0.15) is 53.0 Å². The number of hydrogen-bond acceptors (Lipinski definition) is 3. The number of benzene rings is 1. The molecule has 1 aliphatic heterocycles. The number of carbonyl (C=O) groups is 1. The zero-order valence-corrected chi connectivity index (χ0v) is 16.4. The number of amides is 2. The van der Waals surface area contributed by atoms with Crippen LogP contribution in [-0.4, -0.2) is 46.2 Å². The number of phenols is 1. The number of piperidine rings is 1. The van der Waals surface area contributed by atoms with Crippen LogP contribution in [0.4, 0.5) is 4.79 Å². The first kappa shape index (κ1) is 19.6. The summed E-state index contributed by atoms with van der Waals surface area (Å²) in [6.07, 6.45) is 2.60. The van der Waals surface area contributed by atoms with Gasteiger partial charge in [-0.05, 0) is 71.6 Å². The second-order valence-electron chi connectivity index (χ2n) is 8.78. The molecule has 2 rings (SSSR count). The fourth-order valence-electron chi connectivity index (χ4n) is 4.01. The second-order valence-corrected chi connectivity index (χ2v) is 8.78. The van der Waals surface area contributed by atoms with Gasteiger partial charge in [-0.15, -0.1) is 0 Å². The summed E-state index contributed by atoms with van der Waals surface area (Å²) >= 11 is 0. The molecule has 1 saturated heterocycles. The van der Waals surface area contributed by atoms with Crippen molar-refractivity contribution in [3.8, 4) is 5.75 Å². The highest BCUT2D eigenvalue weighted by Crippen LogP contribution is 2.28. The van der Waals surface area contributed by atoms with E-state index in [4.69, 9.17) is 0 Å². The summed E-state index contributed by atoms with van der Waals surface area (Å²) in [4.78, 5) is 14.4. The number of hydrogen-bond donors (Lipinski definition) is 3. The predicted octanol–water partition coefficient (Wildman–Crippen LogP) is 3.27. The maximum Gasteiger partial charge on any atom is 0.317 e. The quantitative estimate of drug-likeness (QED) is 0.783. The van der Waals surface area contributed by atoms with Gasteiger partial charge in [0.1, 0.15) is 5.75 Å². The van der Waals surface area contributed by atoms with E-state index in [1.165, 1.54) is 0 Å². The van der Waals surface area contributed by atoms with Crippen molar-refractivity contribution in [3.63, 3.8) is 0 Å². The first-order valence-electron chi connectivity index (χ1n) is 9.08. The summed E-state index contributed by atoms with van der Waals surface area (Å²) in [6, 6.07) is 7.38. The molecule has 3 N–H and O–H groups in total. The lowest BCUT2D eigenvalue weighted by Gasteiger charge is -2.47. The largest absolute Gasteiger partial charge is 0.508 e. The minimum absolute atomic E-state index is 0.00985. The zero-order valence-electron chi connectivity index (χ0n) is 16.4. The normalized spacial score (nSPS) is 20.7. The SMILES string of the molecule is CC(Cc1ccc(O)cc1)N(C)C(=O)NC1CC(C)(C)NC(C)(C)C1. The number of urea groups is 1. The summed E-state index contributed by atoms with van der Waals surface area (Å²) in [5.41, 5.74) is 1.13. The van der Waals surface area contributed by atoms with Crippen molar-refractivity contribution < 1.29 is 9.90 Å². The Morgan fingerprint density at radius 2 is 1.76 bits per heavy atom. The van der Waals surface area contributed by atoms with E-state index >= 15 is 0 Å². The Hall–Kier alpha value is -1.75. The van der Waals surface area contributed by atoms with Crippen LogP contribution < -0.4 is 10.6 Å². The van der Waals surface area contributed by atoms with Crippen LogP contribution in [-0.2, 0) is 6.42 Å². The van der Waals surface area contributed by atoms with E-state index in [2.05, 4.69) is 38.3 Å². The van der Waals surface area contributed by atoms with Gasteiger partial charge >= 0.3 is 6.03 Å². The van der Waals surface area contributed by atoms with Crippen LogP contribution in [0.25, 0.3) is 0 Å². The molecule has 1 atom stereocenters. The Morgan fingerprint density at radius 1 is 1.24 bits per heavy atom. The Morgan fingerprint density at radius 3 is 2.28 bits per heavy atom. The van der Waals surface area contributed by atoms with E-state index in [1.807, 2.05) is 26.1 Å². The topological polar surface area (TPSA) is 64.6 Å². The average molecular weight is 348 g/mol. The molecule has 1 heterocycles. The van der Waals surface area contributed by atoms with Crippen molar-refractivity contribution in [1.82, 2.24) is 15.5 Å². The zero-order chi connectivity index (χ0) is 18.8. The van der Waals surface area contributed by atoms with Crippen molar-refractivity contribution in [1.29, 1.82) is 0 Å². The Bertz CT molecular complexity index is 579. The Kier molecular flexibility index (Phi) is 5.67. The summed E-state index contributed by atoms with van der Waals surface area (Å²) in [7, 11) is 1.85. The molecular weight excluding hydrogens is 314 g/mol. The van der Waals surface area contributed by atoms with E-state index in [9.17, 15) is 9.90 Å². The third-order valence-corrected chi connectivity index (χ3v) is 4.97. The number of phenolic OH excluding ortho intramolecular Hbond substituents is 1. The standard InChI is InChI=1S/C20H33N3O2/c1-14(11-15-7-9-17(24)10-8-15)23(6)18(25)21-16-12-19(2,3)22-20(4,5)13-16/h7-10,14,16,22,24H,11-13H2,1-6H3,(H,21,25). The second kappa shape index (κ2) is 7.24. The van der Waals surface area contributed by atoms with E-state index in [0.717, 1.165) is 24.8 Å². The maximum absolute atomic E-state index is 12.7. The van der Waals surface area contributed by atoms with Gasteiger partial charge in [-0.2, -0.15) is 0 Å². The lowest BCUT2D eigenvalue weighted by Crippen LogP contribution is -2.63. The molecule has 1 aromatic rings. The van der Waals surface area contributed by atoms with Gasteiger partial charge in [0.15, 0.2) is 0 Å². The van der Waals surface area contributed by atoms with Crippen molar-refractivity contribution in [3.05, 3.63) is 29.8 Å². The fourth-order valence-corrected chi connectivity index (χ4v) is 4.01. The molecule has 1 aromatic carbocycles. The fraction of sp³-hybridized carbons (Fsp3) is 0.650. The lowest BCUT2D eigenvalue weighted by molar-refractivity contribution is 0.137. The smallest absolute Gasteiger partial charge is 0.317 e. The number of nitrogens with one attached hydrogen (secondary N) is 2. The highest BCUT2D eigenvalue weighted by molar-refractivity contribution is 5.74. The molecule has 140 valence electrons. The molecule has 1 aliphatic rings. The third-order valence-electron chi connectivity index (χ3n) is 4.97. The van der Waals surface area contributed by atoms with Gasteiger partial charge in [0.05, 0.1) is 0 Å². The molecule has 1 unspecified atom stereocenters. The van der Waals surface area contributed by atoms with Crippen molar-refractivity contribution >= 4 is 6.03 Å². The molecule has 1 fully saturated rings. The van der Waals surface area contributed by atoms with Gasteiger partial charge in [-0.1, -0.05) is 12.1 Å². The van der Waals surface area contributed by atoms with Gasteiger partial charge in [0.25, 0.3) is 0 Å². The molecular formula is C20H33N3O2. The molecule has 25 heavy (non-hydrogen) atoms.